The highest BCUT2D eigenvalue weighted by atomic mass is 19.2. The van der Waals surface area contributed by atoms with Crippen molar-refractivity contribution in [3.8, 4) is 5.75 Å². The number of anilines is 2. The second kappa shape index (κ2) is 11.4. The summed E-state index contributed by atoms with van der Waals surface area (Å²) in [6.07, 6.45) is 3.09. The lowest BCUT2D eigenvalue weighted by atomic mass is 10.2. The molecule has 164 valence electrons. The molecule has 0 radical (unpaired) electrons. The van der Waals surface area contributed by atoms with Gasteiger partial charge in [-0.2, -0.15) is 4.39 Å². The third-order valence-corrected chi connectivity index (χ3v) is 4.50. The minimum atomic E-state index is -0.940. The molecule has 2 atom stereocenters. The molecule has 0 saturated carbocycles. The zero-order valence-corrected chi connectivity index (χ0v) is 17.3. The van der Waals surface area contributed by atoms with Crippen LogP contribution in [0, 0.1) is 11.6 Å². The van der Waals surface area contributed by atoms with E-state index in [9.17, 15) is 13.6 Å². The average molecular weight is 423 g/mol. The van der Waals surface area contributed by atoms with E-state index >= 15 is 0 Å². The first-order valence-corrected chi connectivity index (χ1v) is 9.58. The van der Waals surface area contributed by atoms with Crippen molar-refractivity contribution in [3.05, 3.63) is 48.2 Å². The molecule has 1 aromatic carbocycles. The van der Waals surface area contributed by atoms with Crippen LogP contribution in [-0.2, 0) is 9.53 Å². The Balaban J connectivity index is 0.000000269. The molecule has 2 aromatic rings. The maximum absolute atomic E-state index is 12.5. The first-order valence-electron chi connectivity index (χ1n) is 9.58. The van der Waals surface area contributed by atoms with Crippen LogP contribution in [0.2, 0.25) is 0 Å². The van der Waals surface area contributed by atoms with Crippen LogP contribution in [-0.4, -0.2) is 55.5 Å². The van der Waals surface area contributed by atoms with E-state index in [1.54, 1.807) is 18.3 Å². The molecule has 1 fully saturated rings. The summed E-state index contributed by atoms with van der Waals surface area (Å²) in [5.41, 5.74) is 0.688. The number of carbonyl (C=O) groups is 1. The van der Waals surface area contributed by atoms with Crippen LogP contribution in [0.1, 0.15) is 19.8 Å². The van der Waals surface area contributed by atoms with Crippen LogP contribution < -0.4 is 15.0 Å². The van der Waals surface area contributed by atoms with E-state index in [0.29, 0.717) is 18.1 Å². The summed E-state index contributed by atoms with van der Waals surface area (Å²) < 4.78 is 34.9. The van der Waals surface area contributed by atoms with E-state index < -0.39 is 11.6 Å². The second-order valence-corrected chi connectivity index (χ2v) is 6.81. The summed E-state index contributed by atoms with van der Waals surface area (Å²) in [7, 11) is 3.13. The van der Waals surface area contributed by atoms with E-state index in [1.165, 1.54) is 19.2 Å². The average Bonchev–Trinajstić information content (AvgIpc) is 3.17. The molecule has 1 amide bonds. The lowest BCUT2D eigenvalue weighted by Crippen LogP contribution is -2.28. The Kier molecular flexibility index (Phi) is 8.94. The highest BCUT2D eigenvalue weighted by Crippen LogP contribution is 2.21. The van der Waals surface area contributed by atoms with Gasteiger partial charge in [-0.3, -0.25) is 4.79 Å². The summed E-state index contributed by atoms with van der Waals surface area (Å²) >= 11 is 0. The molecule has 3 rings (SSSR count). The van der Waals surface area contributed by atoms with Crippen LogP contribution in [0.4, 0.5) is 20.3 Å². The molecule has 1 saturated heterocycles. The van der Waals surface area contributed by atoms with Crippen molar-refractivity contribution >= 4 is 17.4 Å². The Morgan fingerprint density at radius 2 is 2.13 bits per heavy atom. The molecule has 0 bridgehead atoms. The number of aromatic nitrogens is 1. The minimum Gasteiger partial charge on any atom is -0.494 e. The quantitative estimate of drug-likeness (QED) is 0.743. The fraction of sp³-hybridized carbons (Fsp3) is 0.429. The summed E-state index contributed by atoms with van der Waals surface area (Å²) in [6, 6.07) is 7.31. The highest BCUT2D eigenvalue weighted by molar-refractivity contribution is 5.94. The fourth-order valence-electron chi connectivity index (χ4n) is 2.83. The van der Waals surface area contributed by atoms with Crippen molar-refractivity contribution in [3.63, 3.8) is 0 Å². The molecule has 2 heterocycles. The van der Waals surface area contributed by atoms with Gasteiger partial charge in [0, 0.05) is 31.5 Å². The van der Waals surface area contributed by atoms with Crippen molar-refractivity contribution in [2.24, 2.45) is 0 Å². The number of amides is 1. The zero-order chi connectivity index (χ0) is 22.1. The number of hydrogen-bond acceptors (Lipinski definition) is 6. The maximum Gasteiger partial charge on any atom is 0.253 e. The van der Waals surface area contributed by atoms with Gasteiger partial charge in [0.25, 0.3) is 5.91 Å². The number of methoxy groups -OCH3 is 1. The Morgan fingerprint density at radius 3 is 2.73 bits per heavy atom. The van der Waals surface area contributed by atoms with Crippen molar-refractivity contribution in [2.75, 3.05) is 37.5 Å². The summed E-state index contributed by atoms with van der Waals surface area (Å²) in [5.74, 6) is -1.31. The number of hydrogen-bond donors (Lipinski definition) is 2. The number of nitrogens with zero attached hydrogens (tertiary/aromatic N) is 2. The topological polar surface area (TPSA) is 83.9 Å². The Labute approximate surface area is 174 Å². The van der Waals surface area contributed by atoms with E-state index in [-0.39, 0.29) is 30.5 Å². The zero-order valence-electron chi connectivity index (χ0n) is 17.3. The van der Waals surface area contributed by atoms with Crippen LogP contribution >= 0.6 is 0 Å². The lowest BCUT2D eigenvalue weighted by Gasteiger charge is -2.18. The number of pyridine rings is 1. The third-order valence-electron chi connectivity index (χ3n) is 4.50. The molecule has 1 aromatic heterocycles. The first kappa shape index (κ1) is 23.5. The van der Waals surface area contributed by atoms with Crippen LogP contribution in [0.25, 0.3) is 0 Å². The molecule has 0 aliphatic carbocycles. The molecular weight excluding hydrogens is 396 g/mol. The SMILES string of the molecule is CC1CCC(C(=O)Nc2ccnc(N(C)CCO)c2)O1.COc1cccc(F)c1F. The molecular formula is C21H27F2N3O4. The van der Waals surface area contributed by atoms with Gasteiger partial charge in [0.1, 0.15) is 11.9 Å². The third kappa shape index (κ3) is 6.64. The summed E-state index contributed by atoms with van der Waals surface area (Å²) in [4.78, 5) is 18.1. The van der Waals surface area contributed by atoms with Crippen LogP contribution in [0.15, 0.2) is 36.5 Å². The van der Waals surface area contributed by atoms with E-state index in [1.807, 2.05) is 18.9 Å². The van der Waals surface area contributed by atoms with Crippen molar-refractivity contribution < 1.29 is 28.2 Å². The molecule has 0 spiro atoms. The number of aliphatic hydroxyl groups is 1. The number of rotatable bonds is 6. The standard InChI is InChI=1S/C14H21N3O3.C7H6F2O/c1-10-3-4-12(20-10)14(19)16-11-5-6-15-13(9-11)17(2)7-8-18;1-10-6-4-2-3-5(8)7(6)9/h5-6,9-10,12,18H,3-4,7-8H2,1-2H3,(H,15,16,19);2-4H,1H3. The number of ether oxygens (including phenoxy) is 2. The summed E-state index contributed by atoms with van der Waals surface area (Å²) in [5, 5.41) is 11.8. The van der Waals surface area contributed by atoms with Gasteiger partial charge in [-0.25, -0.2) is 9.37 Å². The normalized spacial score (nSPS) is 17.7. The minimum absolute atomic E-state index is 0.0581. The van der Waals surface area contributed by atoms with Crippen molar-refractivity contribution in [1.82, 2.24) is 4.98 Å². The monoisotopic (exact) mass is 423 g/mol. The predicted molar refractivity (Wildman–Crippen MR) is 110 cm³/mol. The van der Waals surface area contributed by atoms with Crippen LogP contribution in [0.3, 0.4) is 0 Å². The Hall–Kier alpha value is -2.78. The van der Waals surface area contributed by atoms with Crippen molar-refractivity contribution in [1.29, 1.82) is 0 Å². The number of nitrogens with one attached hydrogen (secondary N) is 1. The lowest BCUT2D eigenvalue weighted by molar-refractivity contribution is -0.126. The van der Waals surface area contributed by atoms with Gasteiger partial charge in [-0.15, -0.1) is 0 Å². The molecule has 1 aliphatic heterocycles. The summed E-state index contributed by atoms with van der Waals surface area (Å²) in [6.45, 7) is 2.53. The molecule has 30 heavy (non-hydrogen) atoms. The number of likely N-dealkylation sites (N-methyl/N-ethyl adjacent to an activating group) is 1. The molecule has 2 unspecified atom stereocenters. The highest BCUT2D eigenvalue weighted by Gasteiger charge is 2.28. The van der Waals surface area contributed by atoms with Gasteiger partial charge in [0.15, 0.2) is 11.6 Å². The largest absolute Gasteiger partial charge is 0.494 e. The van der Waals surface area contributed by atoms with E-state index in [2.05, 4.69) is 15.0 Å². The smallest absolute Gasteiger partial charge is 0.253 e. The van der Waals surface area contributed by atoms with Gasteiger partial charge in [0.2, 0.25) is 5.82 Å². The molecule has 9 heteroatoms. The number of aliphatic hydroxyl groups excluding tert-OH is 1. The maximum atomic E-state index is 12.5. The van der Waals surface area contributed by atoms with E-state index in [4.69, 9.17) is 9.84 Å². The van der Waals surface area contributed by atoms with Gasteiger partial charge in [-0.05, 0) is 38.0 Å². The van der Waals surface area contributed by atoms with Crippen molar-refractivity contribution in [2.45, 2.75) is 32.0 Å². The number of halogens is 2. The molecule has 7 nitrogen and oxygen atoms in total. The fourth-order valence-corrected chi connectivity index (χ4v) is 2.83. The van der Waals surface area contributed by atoms with Gasteiger partial charge >= 0.3 is 0 Å². The Bertz CT molecular complexity index is 838. The number of benzene rings is 1. The number of carbonyl (C=O) groups excluding carboxylic acids is 1. The molecule has 1 aliphatic rings. The second-order valence-electron chi connectivity index (χ2n) is 6.81. The Morgan fingerprint density at radius 1 is 1.37 bits per heavy atom. The molecule has 2 N–H and O–H groups in total. The predicted octanol–water partition coefficient (Wildman–Crippen LogP) is 2.99. The first-order chi connectivity index (χ1) is 14.3. The van der Waals surface area contributed by atoms with Gasteiger partial charge in [0.05, 0.1) is 19.8 Å². The van der Waals surface area contributed by atoms with E-state index in [0.717, 1.165) is 18.9 Å². The van der Waals surface area contributed by atoms with Crippen LogP contribution in [0.5, 0.6) is 5.75 Å². The van der Waals surface area contributed by atoms with Gasteiger partial charge in [-0.1, -0.05) is 6.07 Å². The van der Waals surface area contributed by atoms with Gasteiger partial charge < -0.3 is 24.8 Å².